The second kappa shape index (κ2) is 12.4. The highest BCUT2D eigenvalue weighted by Crippen LogP contribution is 2.20. The van der Waals surface area contributed by atoms with E-state index in [0.29, 0.717) is 0 Å². The summed E-state index contributed by atoms with van der Waals surface area (Å²) in [6.07, 6.45) is 7.44. The van der Waals surface area contributed by atoms with E-state index in [1.54, 1.807) is 18.7 Å². The van der Waals surface area contributed by atoms with Crippen LogP contribution in [0.2, 0.25) is 0 Å². The van der Waals surface area contributed by atoms with Crippen molar-refractivity contribution in [3.63, 3.8) is 0 Å². The highest BCUT2D eigenvalue weighted by Gasteiger charge is 2.12. The zero-order valence-corrected chi connectivity index (χ0v) is 17.9. The van der Waals surface area contributed by atoms with Crippen LogP contribution in [0.15, 0.2) is 24.3 Å². The second-order valence-corrected chi connectivity index (χ2v) is 7.12. The Bertz CT molecular complexity index is 801. The number of carbonyl (C=O) groups is 1. The average molecular weight is 403 g/mol. The van der Waals surface area contributed by atoms with Gasteiger partial charge in [0.25, 0.3) is 5.91 Å². The first-order chi connectivity index (χ1) is 14.1. The summed E-state index contributed by atoms with van der Waals surface area (Å²) in [7, 11) is 1.74. The number of ether oxygens (including phenoxy) is 1. The van der Waals surface area contributed by atoms with Crippen LogP contribution in [0.5, 0.6) is 0 Å². The third-order valence-corrected chi connectivity index (χ3v) is 5.09. The van der Waals surface area contributed by atoms with Crippen LogP contribution in [-0.2, 0) is 22.5 Å². The molecule has 0 aliphatic carbocycles. The lowest BCUT2D eigenvalue weighted by molar-refractivity contribution is -0.124. The highest BCUT2D eigenvalue weighted by molar-refractivity contribution is 5.91. The molecule has 0 aliphatic rings. The van der Waals surface area contributed by atoms with E-state index in [-0.39, 0.29) is 0 Å². The van der Waals surface area contributed by atoms with Gasteiger partial charge in [-0.2, -0.15) is 0 Å². The molecule has 2 rings (SSSR count). The molecular formula is C22H34N4O3. The quantitative estimate of drug-likeness (QED) is 0.233. The van der Waals surface area contributed by atoms with Crippen molar-refractivity contribution in [1.82, 2.24) is 19.9 Å². The molecule has 0 saturated heterocycles. The lowest BCUT2D eigenvalue weighted by atomic mass is 10.2. The molecule has 0 saturated carbocycles. The van der Waals surface area contributed by atoms with Crippen LogP contribution in [0.4, 0.5) is 0 Å². The Morgan fingerprint density at radius 1 is 1.31 bits per heavy atom. The molecule has 1 heterocycles. The van der Waals surface area contributed by atoms with Gasteiger partial charge in [0.1, 0.15) is 5.82 Å². The molecule has 2 aromatic rings. The Morgan fingerprint density at radius 2 is 2.14 bits per heavy atom. The summed E-state index contributed by atoms with van der Waals surface area (Å²) in [5, 5.41) is 8.63. The molecule has 29 heavy (non-hydrogen) atoms. The van der Waals surface area contributed by atoms with E-state index in [1.165, 1.54) is 18.9 Å². The normalized spacial score (nSPS) is 11.8. The molecule has 0 fully saturated rings. The van der Waals surface area contributed by atoms with Gasteiger partial charge in [-0.1, -0.05) is 32.8 Å². The van der Waals surface area contributed by atoms with Gasteiger partial charge in [0.2, 0.25) is 0 Å². The first-order valence-electron chi connectivity index (χ1n) is 10.5. The van der Waals surface area contributed by atoms with Crippen LogP contribution in [0.3, 0.4) is 0 Å². The van der Waals surface area contributed by atoms with Crippen molar-refractivity contribution in [1.29, 1.82) is 0 Å². The molecule has 0 atom stereocenters. The van der Waals surface area contributed by atoms with E-state index in [9.17, 15) is 4.79 Å². The Morgan fingerprint density at radius 3 is 2.83 bits per heavy atom. The number of amides is 1. The van der Waals surface area contributed by atoms with Gasteiger partial charge in [-0.15, -0.1) is 0 Å². The van der Waals surface area contributed by atoms with Crippen molar-refractivity contribution < 1.29 is 14.7 Å². The minimum absolute atomic E-state index is 0.549. The molecule has 0 unspecified atom stereocenters. The number of unbranched alkanes of at least 4 members (excludes halogenated alkanes) is 2. The number of fused-ring (bicyclic) bond motifs is 1. The van der Waals surface area contributed by atoms with Crippen molar-refractivity contribution in [2.24, 2.45) is 0 Å². The van der Waals surface area contributed by atoms with Gasteiger partial charge in [-0.3, -0.25) is 14.9 Å². The van der Waals surface area contributed by atoms with Crippen LogP contribution >= 0.6 is 0 Å². The van der Waals surface area contributed by atoms with E-state index in [0.717, 1.165) is 68.0 Å². The fourth-order valence-corrected chi connectivity index (χ4v) is 3.37. The van der Waals surface area contributed by atoms with E-state index in [1.807, 2.05) is 12.1 Å². The molecule has 1 aromatic carbocycles. The monoisotopic (exact) mass is 402 g/mol. The van der Waals surface area contributed by atoms with Gasteiger partial charge >= 0.3 is 0 Å². The topological polar surface area (TPSA) is 79.6 Å². The van der Waals surface area contributed by atoms with Gasteiger partial charge in [-0.25, -0.2) is 10.5 Å². The SMILES string of the molecule is CCCCCc1nc2cc(C=CC(=O)NO)ccc2n1CCN(CC)CCOC. The Hall–Kier alpha value is -2.22. The number of imidazole rings is 1. The van der Waals surface area contributed by atoms with E-state index in [2.05, 4.69) is 29.4 Å². The highest BCUT2D eigenvalue weighted by atomic mass is 16.5. The molecule has 1 amide bonds. The molecule has 7 nitrogen and oxygen atoms in total. The number of aryl methyl sites for hydroxylation is 1. The van der Waals surface area contributed by atoms with Crippen molar-refractivity contribution in [3.8, 4) is 0 Å². The minimum Gasteiger partial charge on any atom is -0.383 e. The van der Waals surface area contributed by atoms with Crippen LogP contribution in [-0.4, -0.2) is 58.9 Å². The molecule has 0 radical (unpaired) electrons. The van der Waals surface area contributed by atoms with Crippen LogP contribution in [0.25, 0.3) is 17.1 Å². The maximum atomic E-state index is 11.2. The van der Waals surface area contributed by atoms with Crippen LogP contribution in [0.1, 0.15) is 44.5 Å². The first kappa shape index (κ1) is 23.1. The molecule has 160 valence electrons. The lowest BCUT2D eigenvalue weighted by Gasteiger charge is -2.21. The number of carbonyl (C=O) groups excluding carboxylic acids is 1. The summed E-state index contributed by atoms with van der Waals surface area (Å²) in [6, 6.07) is 6.02. The summed E-state index contributed by atoms with van der Waals surface area (Å²) in [5.41, 5.74) is 4.53. The van der Waals surface area contributed by atoms with Gasteiger partial charge in [0.05, 0.1) is 17.6 Å². The summed E-state index contributed by atoms with van der Waals surface area (Å²) >= 11 is 0. The Kier molecular flexibility index (Phi) is 9.83. The van der Waals surface area contributed by atoms with Gasteiger partial charge in [0.15, 0.2) is 0 Å². The maximum absolute atomic E-state index is 11.2. The Balaban J connectivity index is 2.25. The van der Waals surface area contributed by atoms with Gasteiger partial charge in [-0.05, 0) is 36.7 Å². The predicted molar refractivity (Wildman–Crippen MR) is 116 cm³/mol. The Labute approximate surface area is 173 Å². The smallest absolute Gasteiger partial charge is 0.267 e. The zero-order valence-electron chi connectivity index (χ0n) is 17.9. The fourth-order valence-electron chi connectivity index (χ4n) is 3.37. The zero-order chi connectivity index (χ0) is 21.1. The van der Waals surface area contributed by atoms with E-state index < -0.39 is 5.91 Å². The molecular weight excluding hydrogens is 368 g/mol. The van der Waals surface area contributed by atoms with Crippen molar-refractivity contribution in [3.05, 3.63) is 35.7 Å². The largest absolute Gasteiger partial charge is 0.383 e. The maximum Gasteiger partial charge on any atom is 0.267 e. The number of likely N-dealkylation sites (N-methyl/N-ethyl adjacent to an activating group) is 1. The molecule has 0 spiro atoms. The average Bonchev–Trinajstić information content (AvgIpc) is 3.08. The number of methoxy groups -OCH3 is 1. The van der Waals surface area contributed by atoms with Crippen molar-refractivity contribution in [2.75, 3.05) is 33.4 Å². The predicted octanol–water partition coefficient (Wildman–Crippen LogP) is 3.26. The third-order valence-electron chi connectivity index (χ3n) is 5.09. The number of nitrogens with one attached hydrogen (secondary N) is 1. The van der Waals surface area contributed by atoms with E-state index >= 15 is 0 Å². The molecule has 0 aliphatic heterocycles. The third kappa shape index (κ3) is 6.96. The summed E-state index contributed by atoms with van der Waals surface area (Å²) in [6.45, 7) is 8.86. The molecule has 2 N–H and O–H groups in total. The van der Waals surface area contributed by atoms with E-state index in [4.69, 9.17) is 14.9 Å². The van der Waals surface area contributed by atoms with Crippen molar-refractivity contribution >= 4 is 23.0 Å². The summed E-state index contributed by atoms with van der Waals surface area (Å²) in [5.74, 6) is 0.567. The fraction of sp³-hybridized carbons (Fsp3) is 0.545. The number of nitrogens with zero attached hydrogens (tertiary/aromatic N) is 3. The van der Waals surface area contributed by atoms with Crippen LogP contribution < -0.4 is 5.48 Å². The number of hydroxylamine groups is 1. The van der Waals surface area contributed by atoms with Gasteiger partial charge < -0.3 is 9.30 Å². The molecule has 0 bridgehead atoms. The number of rotatable bonds is 13. The second-order valence-electron chi connectivity index (χ2n) is 7.12. The van der Waals surface area contributed by atoms with Crippen LogP contribution in [0, 0.1) is 0 Å². The molecule has 1 aromatic heterocycles. The summed E-state index contributed by atoms with van der Waals surface area (Å²) in [4.78, 5) is 18.5. The lowest BCUT2D eigenvalue weighted by Crippen LogP contribution is -2.30. The minimum atomic E-state index is -0.549. The number of benzene rings is 1. The van der Waals surface area contributed by atoms with Gasteiger partial charge in [0, 0.05) is 39.2 Å². The number of hydrogen-bond acceptors (Lipinski definition) is 5. The number of aromatic nitrogens is 2. The van der Waals surface area contributed by atoms with Crippen molar-refractivity contribution in [2.45, 2.75) is 46.1 Å². The summed E-state index contributed by atoms with van der Waals surface area (Å²) < 4.78 is 7.55. The standard InChI is InChI=1S/C22H34N4O3/c1-4-6-7-8-21-23-19-17-18(10-12-22(27)24-28)9-11-20(19)26(21)14-13-25(5-2)15-16-29-3/h9-12,17,28H,4-8,13-16H2,1-3H3,(H,24,27). The first-order valence-corrected chi connectivity index (χ1v) is 10.5. The number of hydrogen-bond donors (Lipinski definition) is 2. The molecule has 7 heteroatoms.